The summed E-state index contributed by atoms with van der Waals surface area (Å²) in [7, 11) is 0. The standard InChI is InChI=1S/C11H13NO2/c13-8-9-4-1-2-5-10(9)12-7-3-6-11(12)14/h1-2,4-5,13H,3,6-8H2. The largest absolute Gasteiger partial charge is 0.392 e. The van der Waals surface area contributed by atoms with Crippen molar-refractivity contribution in [3.63, 3.8) is 0 Å². The molecule has 74 valence electrons. The van der Waals surface area contributed by atoms with Gasteiger partial charge in [0, 0.05) is 24.2 Å². The Hall–Kier alpha value is -1.35. The minimum absolute atomic E-state index is 0.0139. The summed E-state index contributed by atoms with van der Waals surface area (Å²) in [6, 6.07) is 7.49. The SMILES string of the molecule is O=C1CCCN1c1ccccc1CO. The van der Waals surface area contributed by atoms with Gasteiger partial charge < -0.3 is 10.0 Å². The van der Waals surface area contributed by atoms with Crippen LogP contribution < -0.4 is 4.90 Å². The number of rotatable bonds is 2. The number of anilines is 1. The van der Waals surface area contributed by atoms with Crippen LogP contribution in [-0.4, -0.2) is 17.6 Å². The second kappa shape index (κ2) is 3.80. The Balaban J connectivity index is 2.35. The number of aliphatic hydroxyl groups excluding tert-OH is 1. The minimum atomic E-state index is -0.0139. The molecule has 1 fully saturated rings. The van der Waals surface area contributed by atoms with Gasteiger partial charge in [0.15, 0.2) is 0 Å². The number of nitrogens with zero attached hydrogens (tertiary/aromatic N) is 1. The minimum Gasteiger partial charge on any atom is -0.392 e. The molecule has 1 amide bonds. The van der Waals surface area contributed by atoms with Gasteiger partial charge in [0.2, 0.25) is 5.91 Å². The van der Waals surface area contributed by atoms with Crippen LogP contribution in [0.3, 0.4) is 0 Å². The molecular formula is C11H13NO2. The Morgan fingerprint density at radius 1 is 1.36 bits per heavy atom. The van der Waals surface area contributed by atoms with Gasteiger partial charge in [-0.25, -0.2) is 0 Å². The van der Waals surface area contributed by atoms with Crippen LogP contribution in [0.5, 0.6) is 0 Å². The van der Waals surface area contributed by atoms with Gasteiger partial charge in [-0.15, -0.1) is 0 Å². The molecule has 0 atom stereocenters. The normalized spacial score (nSPS) is 16.4. The summed E-state index contributed by atoms with van der Waals surface area (Å²) in [6.07, 6.45) is 1.54. The van der Waals surface area contributed by atoms with Gasteiger partial charge in [0.1, 0.15) is 0 Å². The lowest BCUT2D eigenvalue weighted by molar-refractivity contribution is -0.117. The van der Waals surface area contributed by atoms with E-state index >= 15 is 0 Å². The Kier molecular flexibility index (Phi) is 2.50. The van der Waals surface area contributed by atoms with Crippen LogP contribution in [0.15, 0.2) is 24.3 Å². The maximum atomic E-state index is 11.5. The molecule has 1 saturated heterocycles. The van der Waals surface area contributed by atoms with Gasteiger partial charge in [-0.1, -0.05) is 18.2 Å². The van der Waals surface area contributed by atoms with E-state index in [-0.39, 0.29) is 12.5 Å². The Morgan fingerprint density at radius 3 is 2.79 bits per heavy atom. The molecule has 0 saturated carbocycles. The van der Waals surface area contributed by atoms with E-state index in [0.717, 1.165) is 24.2 Å². The maximum Gasteiger partial charge on any atom is 0.227 e. The molecule has 14 heavy (non-hydrogen) atoms. The summed E-state index contributed by atoms with van der Waals surface area (Å²) < 4.78 is 0. The highest BCUT2D eigenvalue weighted by Gasteiger charge is 2.22. The number of hydrogen-bond donors (Lipinski definition) is 1. The second-order valence-corrected chi connectivity index (χ2v) is 3.44. The summed E-state index contributed by atoms with van der Waals surface area (Å²) in [5, 5.41) is 9.13. The van der Waals surface area contributed by atoms with Crippen molar-refractivity contribution in [3.8, 4) is 0 Å². The molecule has 0 aromatic heterocycles. The number of aliphatic hydroxyl groups is 1. The predicted molar refractivity (Wildman–Crippen MR) is 54.0 cm³/mol. The van der Waals surface area contributed by atoms with Crippen LogP contribution in [0, 0.1) is 0 Å². The topological polar surface area (TPSA) is 40.5 Å². The fourth-order valence-corrected chi connectivity index (χ4v) is 1.81. The van der Waals surface area contributed by atoms with E-state index < -0.39 is 0 Å². The third-order valence-corrected chi connectivity index (χ3v) is 2.53. The molecule has 1 N–H and O–H groups in total. The van der Waals surface area contributed by atoms with E-state index in [1.807, 2.05) is 24.3 Å². The van der Waals surface area contributed by atoms with Gasteiger partial charge in [-0.2, -0.15) is 0 Å². The van der Waals surface area contributed by atoms with Crippen LogP contribution in [-0.2, 0) is 11.4 Å². The Morgan fingerprint density at radius 2 is 2.14 bits per heavy atom. The molecule has 1 heterocycles. The zero-order valence-corrected chi connectivity index (χ0v) is 7.94. The number of amides is 1. The highest BCUT2D eigenvalue weighted by Crippen LogP contribution is 2.24. The third kappa shape index (κ3) is 1.51. The average molecular weight is 191 g/mol. The van der Waals surface area contributed by atoms with Gasteiger partial charge in [-0.05, 0) is 12.5 Å². The van der Waals surface area contributed by atoms with Gasteiger partial charge >= 0.3 is 0 Å². The molecule has 0 spiro atoms. The summed E-state index contributed by atoms with van der Waals surface area (Å²) in [6.45, 7) is 0.760. The molecule has 1 aromatic carbocycles. The van der Waals surface area contributed by atoms with Crippen molar-refractivity contribution in [2.45, 2.75) is 19.4 Å². The molecule has 1 aliphatic rings. The number of hydrogen-bond acceptors (Lipinski definition) is 2. The number of carbonyl (C=O) groups excluding carboxylic acids is 1. The Labute approximate surface area is 83.0 Å². The van der Waals surface area contributed by atoms with Crippen molar-refractivity contribution in [1.29, 1.82) is 0 Å². The molecule has 3 heteroatoms. The van der Waals surface area contributed by atoms with E-state index in [1.165, 1.54) is 0 Å². The first-order valence-electron chi connectivity index (χ1n) is 4.82. The molecule has 3 nitrogen and oxygen atoms in total. The van der Waals surface area contributed by atoms with Crippen molar-refractivity contribution in [2.24, 2.45) is 0 Å². The Bertz CT molecular complexity index is 349. The van der Waals surface area contributed by atoms with E-state index in [4.69, 9.17) is 5.11 Å². The van der Waals surface area contributed by atoms with E-state index in [1.54, 1.807) is 4.90 Å². The highest BCUT2D eigenvalue weighted by molar-refractivity contribution is 5.96. The number of benzene rings is 1. The summed E-state index contributed by atoms with van der Waals surface area (Å²) >= 11 is 0. The van der Waals surface area contributed by atoms with Crippen molar-refractivity contribution in [3.05, 3.63) is 29.8 Å². The number of carbonyl (C=O) groups is 1. The fraction of sp³-hybridized carbons (Fsp3) is 0.364. The predicted octanol–water partition coefficient (Wildman–Crippen LogP) is 1.31. The van der Waals surface area contributed by atoms with Crippen molar-refractivity contribution < 1.29 is 9.90 Å². The summed E-state index contributed by atoms with van der Waals surface area (Å²) in [5.41, 5.74) is 1.68. The van der Waals surface area contributed by atoms with Crippen LogP contribution in [0.25, 0.3) is 0 Å². The first-order valence-corrected chi connectivity index (χ1v) is 4.82. The van der Waals surface area contributed by atoms with E-state index in [2.05, 4.69) is 0 Å². The molecule has 0 unspecified atom stereocenters. The van der Waals surface area contributed by atoms with Crippen LogP contribution >= 0.6 is 0 Å². The van der Waals surface area contributed by atoms with E-state index in [9.17, 15) is 4.79 Å². The highest BCUT2D eigenvalue weighted by atomic mass is 16.3. The zero-order valence-electron chi connectivity index (χ0n) is 7.94. The first kappa shape index (κ1) is 9.21. The number of para-hydroxylation sites is 1. The van der Waals surface area contributed by atoms with Crippen molar-refractivity contribution in [1.82, 2.24) is 0 Å². The molecule has 1 aromatic rings. The second-order valence-electron chi connectivity index (χ2n) is 3.44. The van der Waals surface area contributed by atoms with Crippen molar-refractivity contribution >= 4 is 11.6 Å². The molecule has 1 aliphatic heterocycles. The lowest BCUT2D eigenvalue weighted by Crippen LogP contribution is -2.24. The van der Waals surface area contributed by atoms with Crippen LogP contribution in [0.4, 0.5) is 5.69 Å². The molecular weight excluding hydrogens is 178 g/mol. The van der Waals surface area contributed by atoms with Crippen LogP contribution in [0.2, 0.25) is 0 Å². The first-order chi connectivity index (χ1) is 6.83. The fourth-order valence-electron chi connectivity index (χ4n) is 1.81. The lowest BCUT2D eigenvalue weighted by Gasteiger charge is -2.18. The van der Waals surface area contributed by atoms with Crippen molar-refractivity contribution in [2.75, 3.05) is 11.4 Å². The van der Waals surface area contributed by atoms with Gasteiger partial charge in [0.25, 0.3) is 0 Å². The monoisotopic (exact) mass is 191 g/mol. The summed E-state index contributed by atoms with van der Waals surface area (Å²) in [4.78, 5) is 13.2. The van der Waals surface area contributed by atoms with Gasteiger partial charge in [0.05, 0.1) is 6.61 Å². The smallest absolute Gasteiger partial charge is 0.227 e. The maximum absolute atomic E-state index is 11.5. The molecule has 0 aliphatic carbocycles. The molecule has 0 bridgehead atoms. The average Bonchev–Trinajstić information content (AvgIpc) is 2.64. The summed E-state index contributed by atoms with van der Waals surface area (Å²) in [5.74, 6) is 0.158. The quantitative estimate of drug-likeness (QED) is 0.765. The van der Waals surface area contributed by atoms with Gasteiger partial charge in [-0.3, -0.25) is 4.79 Å². The lowest BCUT2D eigenvalue weighted by atomic mass is 10.2. The molecule has 2 rings (SSSR count). The van der Waals surface area contributed by atoms with E-state index in [0.29, 0.717) is 6.42 Å². The van der Waals surface area contributed by atoms with Crippen LogP contribution in [0.1, 0.15) is 18.4 Å². The third-order valence-electron chi connectivity index (χ3n) is 2.53. The molecule has 0 radical (unpaired) electrons. The zero-order chi connectivity index (χ0) is 9.97.